The fraction of sp³-hybridized carbons (Fsp3) is 0.154. The van der Waals surface area contributed by atoms with Crippen LogP contribution in [0.5, 0.6) is 0 Å². The molecule has 0 aliphatic heterocycles. The predicted octanol–water partition coefficient (Wildman–Crippen LogP) is -1.24. The predicted molar refractivity (Wildman–Crippen MR) is 81.0 cm³/mol. The maximum atomic E-state index is 12.1. The molecular formula is C13H13N7O3. The molecule has 0 bridgehead atoms. The topological polar surface area (TPSA) is 152 Å². The fourth-order valence-corrected chi connectivity index (χ4v) is 2.08. The van der Waals surface area contributed by atoms with Crippen molar-refractivity contribution in [2.45, 2.75) is 6.04 Å². The maximum absolute atomic E-state index is 12.1. The van der Waals surface area contributed by atoms with Gasteiger partial charge in [0.15, 0.2) is 0 Å². The van der Waals surface area contributed by atoms with Crippen LogP contribution in [0.2, 0.25) is 0 Å². The molecule has 10 heteroatoms. The minimum atomic E-state index is -1.04. The number of primary amides is 1. The third kappa shape index (κ3) is 2.74. The van der Waals surface area contributed by atoms with E-state index in [0.29, 0.717) is 11.0 Å². The van der Waals surface area contributed by atoms with Gasteiger partial charge in [0, 0.05) is 0 Å². The highest BCUT2D eigenvalue weighted by atomic mass is 16.3. The van der Waals surface area contributed by atoms with E-state index < -0.39 is 24.2 Å². The summed E-state index contributed by atoms with van der Waals surface area (Å²) in [5, 5.41) is 11.7. The number of hydrogen-bond donors (Lipinski definition) is 4. The van der Waals surface area contributed by atoms with E-state index in [1.807, 2.05) is 0 Å². The molecule has 3 rings (SSSR count). The number of imidazole rings is 1. The Morgan fingerprint density at radius 2 is 2.17 bits per heavy atom. The number of para-hydroxylation sites is 2. The zero-order valence-corrected chi connectivity index (χ0v) is 11.8. The van der Waals surface area contributed by atoms with Crippen molar-refractivity contribution in [3.63, 3.8) is 0 Å². The average Bonchev–Trinajstić information content (AvgIpc) is 2.88. The Hall–Kier alpha value is -3.27. The van der Waals surface area contributed by atoms with Crippen molar-refractivity contribution in [1.82, 2.24) is 24.5 Å². The van der Waals surface area contributed by atoms with Gasteiger partial charge in [0.1, 0.15) is 12.4 Å². The van der Waals surface area contributed by atoms with Crippen molar-refractivity contribution >= 4 is 22.9 Å². The van der Waals surface area contributed by atoms with Crippen molar-refractivity contribution < 1.29 is 9.90 Å². The molecule has 0 spiro atoms. The number of hydrogen-bond acceptors (Lipinski definition) is 7. The molecule has 1 atom stereocenters. The second-order valence-corrected chi connectivity index (χ2v) is 4.67. The Balaban J connectivity index is 2.04. The first-order chi connectivity index (χ1) is 11.1. The van der Waals surface area contributed by atoms with Crippen molar-refractivity contribution in [1.29, 1.82) is 0 Å². The summed E-state index contributed by atoms with van der Waals surface area (Å²) in [6.45, 7) is -0.511. The largest absolute Gasteiger partial charge is 0.394 e. The first-order valence-electron chi connectivity index (χ1n) is 6.66. The number of amides is 1. The molecule has 0 radical (unpaired) electrons. The standard InChI is InChI=1S/C13H13N7O3/c14-10(22)8(5-21)17-11-15-6-16-12(19-11)20-9-4-2-1-3-7(9)18-13(20)23/h1-4,6,8,21H,5H2,(H2,14,22)(H,18,23)(H,15,16,17,19)/t8-/m0/s1. The van der Waals surface area contributed by atoms with Gasteiger partial charge in [-0.25, -0.2) is 19.3 Å². The molecule has 3 aromatic rings. The minimum Gasteiger partial charge on any atom is -0.394 e. The molecule has 0 aliphatic carbocycles. The van der Waals surface area contributed by atoms with Gasteiger partial charge in [-0.3, -0.25) is 4.79 Å². The van der Waals surface area contributed by atoms with Crippen molar-refractivity contribution in [2.75, 3.05) is 11.9 Å². The quantitative estimate of drug-likeness (QED) is 0.459. The van der Waals surface area contributed by atoms with E-state index in [0.717, 1.165) is 0 Å². The van der Waals surface area contributed by atoms with Crippen molar-refractivity contribution in [2.24, 2.45) is 5.73 Å². The number of carbonyl (C=O) groups is 1. The lowest BCUT2D eigenvalue weighted by Gasteiger charge is -2.12. The molecule has 118 valence electrons. The lowest BCUT2D eigenvalue weighted by molar-refractivity contribution is -0.119. The van der Waals surface area contributed by atoms with Gasteiger partial charge < -0.3 is 21.1 Å². The van der Waals surface area contributed by atoms with Crippen LogP contribution in [0.25, 0.3) is 17.0 Å². The van der Waals surface area contributed by atoms with Gasteiger partial charge >= 0.3 is 5.69 Å². The number of rotatable bonds is 5. The Labute approximate surface area is 129 Å². The van der Waals surface area contributed by atoms with Crippen LogP contribution in [0, 0.1) is 0 Å². The Morgan fingerprint density at radius 3 is 2.91 bits per heavy atom. The second-order valence-electron chi connectivity index (χ2n) is 4.67. The molecule has 0 unspecified atom stereocenters. The van der Waals surface area contributed by atoms with E-state index in [4.69, 9.17) is 10.8 Å². The Bertz CT molecular complexity index is 917. The van der Waals surface area contributed by atoms with Gasteiger partial charge in [0.05, 0.1) is 17.6 Å². The Morgan fingerprint density at radius 1 is 1.39 bits per heavy atom. The minimum absolute atomic E-state index is 0.0185. The van der Waals surface area contributed by atoms with Gasteiger partial charge in [-0.1, -0.05) is 12.1 Å². The van der Waals surface area contributed by atoms with Gasteiger partial charge in [-0.05, 0) is 12.1 Å². The Kier molecular flexibility index (Phi) is 3.73. The first kappa shape index (κ1) is 14.7. The number of carbonyl (C=O) groups excluding carboxylic acids is 1. The van der Waals surface area contributed by atoms with Gasteiger partial charge in [0.25, 0.3) is 0 Å². The molecule has 1 aromatic carbocycles. The molecule has 0 saturated heterocycles. The molecule has 0 aliphatic rings. The molecule has 1 amide bonds. The number of benzene rings is 1. The van der Waals surface area contributed by atoms with E-state index in [1.54, 1.807) is 24.3 Å². The van der Waals surface area contributed by atoms with Gasteiger partial charge in [-0.15, -0.1) is 0 Å². The van der Waals surface area contributed by atoms with E-state index in [9.17, 15) is 9.59 Å². The van der Waals surface area contributed by atoms with Crippen LogP contribution in [-0.2, 0) is 4.79 Å². The second kappa shape index (κ2) is 5.85. The van der Waals surface area contributed by atoms with Crippen molar-refractivity contribution in [3.05, 3.63) is 41.1 Å². The van der Waals surface area contributed by atoms with Crippen LogP contribution in [0.3, 0.4) is 0 Å². The molecule has 2 heterocycles. The summed E-state index contributed by atoms with van der Waals surface area (Å²) in [7, 11) is 0. The van der Waals surface area contributed by atoms with Crippen LogP contribution < -0.4 is 16.7 Å². The summed E-state index contributed by atoms with van der Waals surface area (Å²) < 4.78 is 1.28. The van der Waals surface area contributed by atoms with Crippen LogP contribution in [0.15, 0.2) is 35.4 Å². The van der Waals surface area contributed by atoms with Gasteiger partial charge in [-0.2, -0.15) is 4.98 Å². The highest BCUT2D eigenvalue weighted by Gasteiger charge is 2.16. The first-order valence-corrected chi connectivity index (χ1v) is 6.66. The number of nitrogens with one attached hydrogen (secondary N) is 2. The normalized spacial score (nSPS) is 12.2. The molecule has 5 N–H and O–H groups in total. The summed E-state index contributed by atoms with van der Waals surface area (Å²) in [5.74, 6) is -0.658. The number of aliphatic hydroxyl groups is 1. The molecule has 0 fully saturated rings. The summed E-state index contributed by atoms with van der Waals surface area (Å²) >= 11 is 0. The number of nitrogens with zero attached hydrogens (tertiary/aromatic N) is 4. The zero-order valence-electron chi connectivity index (χ0n) is 11.8. The lowest BCUT2D eigenvalue weighted by Crippen LogP contribution is -2.39. The lowest BCUT2D eigenvalue weighted by atomic mass is 10.3. The van der Waals surface area contributed by atoms with E-state index >= 15 is 0 Å². The number of anilines is 1. The number of aliphatic hydroxyl groups excluding tert-OH is 1. The third-order valence-corrected chi connectivity index (χ3v) is 3.18. The summed E-state index contributed by atoms with van der Waals surface area (Å²) in [6.07, 6.45) is 1.19. The molecule has 2 aromatic heterocycles. The molecule has 10 nitrogen and oxygen atoms in total. The summed E-state index contributed by atoms with van der Waals surface area (Å²) in [5.41, 5.74) is 5.96. The number of aromatic amines is 1. The molecule has 0 saturated carbocycles. The third-order valence-electron chi connectivity index (χ3n) is 3.18. The summed E-state index contributed by atoms with van der Waals surface area (Å²) in [6, 6.07) is 6.03. The number of aromatic nitrogens is 5. The highest BCUT2D eigenvalue weighted by molar-refractivity contribution is 5.82. The zero-order chi connectivity index (χ0) is 16.4. The van der Waals surface area contributed by atoms with E-state index in [2.05, 4.69) is 25.3 Å². The van der Waals surface area contributed by atoms with Crippen molar-refractivity contribution in [3.8, 4) is 5.95 Å². The fourth-order valence-electron chi connectivity index (χ4n) is 2.08. The smallest absolute Gasteiger partial charge is 0.333 e. The summed E-state index contributed by atoms with van der Waals surface area (Å²) in [4.78, 5) is 37.9. The number of H-pyrrole nitrogens is 1. The SMILES string of the molecule is NC(=O)[C@H](CO)Nc1ncnc(-n2c(=O)[nH]c3ccccc32)n1. The monoisotopic (exact) mass is 315 g/mol. The van der Waals surface area contributed by atoms with Crippen LogP contribution >= 0.6 is 0 Å². The number of nitrogens with two attached hydrogens (primary N) is 1. The molecular weight excluding hydrogens is 302 g/mol. The highest BCUT2D eigenvalue weighted by Crippen LogP contribution is 2.12. The maximum Gasteiger partial charge on any atom is 0.333 e. The van der Waals surface area contributed by atoms with Crippen LogP contribution in [-0.4, -0.2) is 48.2 Å². The average molecular weight is 315 g/mol. The van der Waals surface area contributed by atoms with E-state index in [1.165, 1.54) is 10.9 Å². The number of fused-ring (bicyclic) bond motifs is 1. The van der Waals surface area contributed by atoms with Gasteiger partial charge in [0.2, 0.25) is 17.8 Å². The molecule has 23 heavy (non-hydrogen) atoms. The van der Waals surface area contributed by atoms with E-state index in [-0.39, 0.29) is 11.9 Å². The van der Waals surface area contributed by atoms with Crippen LogP contribution in [0.4, 0.5) is 5.95 Å². The van der Waals surface area contributed by atoms with Crippen LogP contribution in [0.1, 0.15) is 0 Å².